The van der Waals surface area contributed by atoms with Gasteiger partial charge < -0.3 is 36.2 Å². The number of phosphoric acid groups is 1. The molecule has 0 saturated carbocycles. The minimum absolute atomic E-state index is 0.221. The molecule has 0 saturated heterocycles. The summed E-state index contributed by atoms with van der Waals surface area (Å²) in [6, 6.07) is 0.739. The molecule has 0 heterocycles. The Morgan fingerprint density at radius 1 is 1.25 bits per heavy atom. The van der Waals surface area contributed by atoms with E-state index in [-0.39, 0.29) is 12.2 Å². The molecule has 0 spiro atoms. The molecule has 11 nitrogen and oxygen atoms in total. The van der Waals surface area contributed by atoms with E-state index < -0.39 is 44.1 Å². The molecule has 134 valence electrons. The van der Waals surface area contributed by atoms with Crippen molar-refractivity contribution in [2.24, 2.45) is 5.73 Å². The number of hydrogen-bond donors (Lipinski definition) is 7. The fourth-order valence-corrected chi connectivity index (χ4v) is 2.02. The van der Waals surface area contributed by atoms with Crippen LogP contribution in [0.5, 0.6) is 11.5 Å². The number of nitrogens with one attached hydrogen (secondary N) is 1. The fraction of sp³-hybridized carbons (Fsp3) is 0.333. The van der Waals surface area contributed by atoms with Crippen molar-refractivity contribution in [1.82, 2.24) is 5.32 Å². The van der Waals surface area contributed by atoms with Gasteiger partial charge in [0.25, 0.3) is 0 Å². The highest BCUT2D eigenvalue weighted by Gasteiger charge is 2.26. The van der Waals surface area contributed by atoms with Crippen molar-refractivity contribution >= 4 is 19.7 Å². The highest BCUT2D eigenvalue weighted by Crippen LogP contribution is 2.35. The maximum Gasteiger partial charge on any atom is 0.469 e. The van der Waals surface area contributed by atoms with E-state index >= 15 is 0 Å². The van der Waals surface area contributed by atoms with E-state index in [1.165, 1.54) is 6.07 Å². The van der Waals surface area contributed by atoms with Gasteiger partial charge in [0.05, 0.1) is 6.61 Å². The molecule has 2 atom stereocenters. The van der Waals surface area contributed by atoms with Crippen molar-refractivity contribution in [2.45, 2.75) is 18.5 Å². The first-order valence-corrected chi connectivity index (χ1v) is 8.02. The number of aliphatic carboxylic acids is 1. The van der Waals surface area contributed by atoms with Crippen molar-refractivity contribution in [2.75, 3.05) is 6.61 Å². The summed E-state index contributed by atoms with van der Waals surface area (Å²) in [5.74, 6) is -3.21. The van der Waals surface area contributed by atoms with Crippen LogP contribution in [0.4, 0.5) is 0 Å². The Bertz CT molecular complexity index is 660. The molecular weight excluding hydrogens is 347 g/mol. The van der Waals surface area contributed by atoms with Gasteiger partial charge in [-0.3, -0.25) is 9.32 Å². The van der Waals surface area contributed by atoms with Crippen LogP contribution in [-0.2, 0) is 25.1 Å². The first kappa shape index (κ1) is 19.9. The third-order valence-corrected chi connectivity index (χ3v) is 3.34. The molecule has 0 aliphatic rings. The van der Waals surface area contributed by atoms with Gasteiger partial charge in [-0.05, 0) is 17.7 Å². The lowest BCUT2D eigenvalue weighted by Gasteiger charge is -2.18. The maximum absolute atomic E-state index is 11.8. The number of carbonyl (C=O) groups is 2. The molecule has 24 heavy (non-hydrogen) atoms. The fourth-order valence-electron chi connectivity index (χ4n) is 1.66. The average Bonchev–Trinajstić information content (AvgIpc) is 2.46. The molecule has 0 fully saturated rings. The van der Waals surface area contributed by atoms with Gasteiger partial charge in [-0.15, -0.1) is 0 Å². The molecule has 8 N–H and O–H groups in total. The predicted octanol–water partition coefficient (Wildman–Crippen LogP) is -1.35. The van der Waals surface area contributed by atoms with Gasteiger partial charge in [-0.1, -0.05) is 6.07 Å². The van der Waals surface area contributed by atoms with E-state index in [0.29, 0.717) is 5.56 Å². The van der Waals surface area contributed by atoms with Crippen molar-refractivity contribution < 1.29 is 43.8 Å². The monoisotopic (exact) mass is 364 g/mol. The van der Waals surface area contributed by atoms with Gasteiger partial charge in [0, 0.05) is 6.42 Å². The van der Waals surface area contributed by atoms with Gasteiger partial charge >= 0.3 is 13.8 Å². The van der Waals surface area contributed by atoms with Crippen LogP contribution in [-0.4, -0.2) is 55.7 Å². The standard InChI is InChI=1S/C12H17N2O9P/c13-7(5-23-24(20,21)22)11(17)14-8(12(18)19)3-6-1-2-9(15)10(16)4-6/h1-2,4,7-8,15-16H,3,5,13H2,(H,14,17)(H,18,19)(H2,20,21,22). The summed E-state index contributed by atoms with van der Waals surface area (Å²) in [6.45, 7) is -0.803. The second-order valence-corrected chi connectivity index (χ2v) is 6.06. The molecule has 12 heteroatoms. The molecule has 2 unspecified atom stereocenters. The van der Waals surface area contributed by atoms with Crippen LogP contribution in [0.25, 0.3) is 0 Å². The van der Waals surface area contributed by atoms with Gasteiger partial charge in [0.15, 0.2) is 11.5 Å². The first-order valence-electron chi connectivity index (χ1n) is 6.49. The summed E-state index contributed by atoms with van der Waals surface area (Å²) >= 11 is 0. The van der Waals surface area contributed by atoms with E-state index in [1.54, 1.807) is 0 Å². The smallest absolute Gasteiger partial charge is 0.469 e. The van der Waals surface area contributed by atoms with E-state index in [1.807, 2.05) is 0 Å². The maximum atomic E-state index is 11.8. The van der Waals surface area contributed by atoms with Crippen molar-refractivity contribution in [3.8, 4) is 11.5 Å². The molecular formula is C12H17N2O9P. The topological polar surface area (TPSA) is 200 Å². The normalized spacial score (nSPS) is 14.0. The van der Waals surface area contributed by atoms with E-state index in [2.05, 4.69) is 9.84 Å². The molecule has 1 amide bonds. The summed E-state index contributed by atoms with van der Waals surface area (Å²) < 4.78 is 14.6. The van der Waals surface area contributed by atoms with Crippen LogP contribution in [0.15, 0.2) is 18.2 Å². The van der Waals surface area contributed by atoms with Gasteiger partial charge in [-0.2, -0.15) is 0 Å². The van der Waals surface area contributed by atoms with Gasteiger partial charge in [0.1, 0.15) is 12.1 Å². The summed E-state index contributed by atoms with van der Waals surface area (Å²) in [5, 5.41) is 29.8. The van der Waals surface area contributed by atoms with Crippen molar-refractivity contribution in [1.29, 1.82) is 0 Å². The Morgan fingerprint density at radius 2 is 1.88 bits per heavy atom. The molecule has 0 aliphatic heterocycles. The first-order chi connectivity index (χ1) is 11.0. The quantitative estimate of drug-likeness (QED) is 0.213. The molecule has 1 rings (SSSR count). The van der Waals surface area contributed by atoms with Gasteiger partial charge in [-0.25, -0.2) is 9.36 Å². The van der Waals surface area contributed by atoms with Crippen LogP contribution in [0, 0.1) is 0 Å². The number of benzene rings is 1. The van der Waals surface area contributed by atoms with Crippen LogP contribution in [0.2, 0.25) is 0 Å². The molecule has 0 bridgehead atoms. The lowest BCUT2D eigenvalue weighted by Crippen LogP contribution is -2.50. The Hall–Kier alpha value is -2.17. The summed E-state index contributed by atoms with van der Waals surface area (Å²) in [7, 11) is -4.81. The number of aromatic hydroxyl groups is 2. The number of hydrogen-bond acceptors (Lipinski definition) is 7. The van der Waals surface area contributed by atoms with Crippen molar-refractivity contribution in [3.05, 3.63) is 23.8 Å². The number of phenolic OH excluding ortho intramolecular Hbond substituents is 2. The van der Waals surface area contributed by atoms with E-state index in [0.717, 1.165) is 12.1 Å². The van der Waals surface area contributed by atoms with Crippen LogP contribution < -0.4 is 11.1 Å². The number of amides is 1. The van der Waals surface area contributed by atoms with Crippen LogP contribution in [0.1, 0.15) is 5.56 Å². The van der Waals surface area contributed by atoms with Crippen LogP contribution >= 0.6 is 7.82 Å². The van der Waals surface area contributed by atoms with Gasteiger partial charge in [0.2, 0.25) is 5.91 Å². The minimum Gasteiger partial charge on any atom is -0.504 e. The number of phenols is 2. The zero-order valence-corrected chi connectivity index (χ0v) is 13.1. The molecule has 1 aromatic rings. The Balaban J connectivity index is 2.71. The second-order valence-electron chi connectivity index (χ2n) is 4.82. The zero-order chi connectivity index (χ0) is 18.5. The Kier molecular flexibility index (Phi) is 6.70. The zero-order valence-electron chi connectivity index (χ0n) is 12.2. The van der Waals surface area contributed by atoms with Crippen molar-refractivity contribution in [3.63, 3.8) is 0 Å². The number of carboxylic acid groups (broad SMARTS) is 1. The summed E-state index contributed by atoms with van der Waals surface area (Å²) in [4.78, 5) is 40.0. The number of phosphoric ester groups is 1. The minimum atomic E-state index is -4.81. The third-order valence-electron chi connectivity index (χ3n) is 2.85. The highest BCUT2D eigenvalue weighted by molar-refractivity contribution is 7.46. The SMILES string of the molecule is NC(COP(=O)(O)O)C(=O)NC(Cc1ccc(O)c(O)c1)C(=O)O. The number of carboxylic acids is 1. The Labute approximate surface area is 135 Å². The molecule has 0 aromatic heterocycles. The Morgan fingerprint density at radius 3 is 2.38 bits per heavy atom. The van der Waals surface area contributed by atoms with Crippen LogP contribution in [0.3, 0.4) is 0 Å². The lowest BCUT2D eigenvalue weighted by molar-refractivity contribution is -0.142. The largest absolute Gasteiger partial charge is 0.504 e. The second kappa shape index (κ2) is 8.08. The molecule has 0 aliphatic carbocycles. The van der Waals surface area contributed by atoms with E-state index in [9.17, 15) is 24.4 Å². The van der Waals surface area contributed by atoms with E-state index in [4.69, 9.17) is 20.6 Å². The predicted molar refractivity (Wildman–Crippen MR) is 79.0 cm³/mol. The highest BCUT2D eigenvalue weighted by atomic mass is 31.2. The number of carbonyl (C=O) groups excluding carboxylic acids is 1. The number of rotatable bonds is 8. The third kappa shape index (κ3) is 6.52. The summed E-state index contributed by atoms with van der Waals surface area (Å²) in [6.07, 6.45) is -0.221. The average molecular weight is 364 g/mol. The molecule has 0 radical (unpaired) electrons. The summed E-state index contributed by atoms with van der Waals surface area (Å²) in [5.41, 5.74) is 5.68. The molecule has 1 aromatic carbocycles. The lowest BCUT2D eigenvalue weighted by atomic mass is 10.0. The number of nitrogens with two attached hydrogens (primary N) is 1.